The van der Waals surface area contributed by atoms with Crippen LogP contribution in [0.5, 0.6) is 11.5 Å². The molecule has 0 saturated heterocycles. The van der Waals surface area contributed by atoms with E-state index in [1.54, 1.807) is 20.8 Å². The lowest BCUT2D eigenvalue weighted by Gasteiger charge is -2.18. The summed E-state index contributed by atoms with van der Waals surface area (Å²) in [6, 6.07) is 2.02. The Kier molecular flexibility index (Phi) is 5.46. The van der Waals surface area contributed by atoms with Crippen LogP contribution in [0.25, 0.3) is 5.76 Å². The molecule has 0 N–H and O–H groups in total. The van der Waals surface area contributed by atoms with Gasteiger partial charge >= 0.3 is 21.6 Å². The lowest BCUT2D eigenvalue weighted by atomic mass is 9.97. The third-order valence-corrected chi connectivity index (χ3v) is 4.29. The minimum Gasteiger partial charge on any atom is -0.489 e. The quantitative estimate of drug-likeness (QED) is 0.247. The molecule has 0 unspecified atom stereocenters. The van der Waals surface area contributed by atoms with Crippen molar-refractivity contribution >= 4 is 21.8 Å². The lowest BCUT2D eigenvalue weighted by molar-refractivity contribution is -0.143. The third kappa shape index (κ3) is 4.52. The van der Waals surface area contributed by atoms with Gasteiger partial charge in [0.05, 0.1) is 17.6 Å². The van der Waals surface area contributed by atoms with Gasteiger partial charge in [0.25, 0.3) is 0 Å². The summed E-state index contributed by atoms with van der Waals surface area (Å²) in [6.45, 7) is 4.48. The minimum absolute atomic E-state index is 0.0338. The number of hydrogen-bond acceptors (Lipinski definition) is 6. The maximum absolute atomic E-state index is 14.7. The highest BCUT2D eigenvalue weighted by molar-refractivity contribution is 7.87. The van der Waals surface area contributed by atoms with Crippen LogP contribution in [0.1, 0.15) is 32.8 Å². The fourth-order valence-electron chi connectivity index (χ4n) is 1.91. The zero-order valence-electron chi connectivity index (χ0n) is 14.5. The Hall–Kier alpha value is -2.30. The first kappa shape index (κ1) is 21.0. The maximum Gasteiger partial charge on any atom is 0.534 e. The SMILES string of the molecule is CC(C)(C)C(=O)Oc1ccc2c(c1F)OCCC=C2OS(=O)(=O)C(F)(F)F. The molecule has 0 radical (unpaired) electrons. The Morgan fingerprint density at radius 1 is 1.19 bits per heavy atom. The van der Waals surface area contributed by atoms with E-state index in [0.29, 0.717) is 0 Å². The number of hydrogen-bond donors (Lipinski definition) is 0. The van der Waals surface area contributed by atoms with Crippen molar-refractivity contribution in [3.05, 3.63) is 29.6 Å². The average Bonchev–Trinajstić information content (AvgIpc) is 2.70. The van der Waals surface area contributed by atoms with Gasteiger partial charge < -0.3 is 13.7 Å². The Labute approximate surface area is 152 Å². The summed E-state index contributed by atoms with van der Waals surface area (Å²) in [5, 5.41) is 0. The molecule has 0 atom stereocenters. The minimum atomic E-state index is -5.95. The summed E-state index contributed by atoms with van der Waals surface area (Å²) in [5.74, 6) is -3.72. The fraction of sp³-hybridized carbons (Fsp3) is 0.438. The predicted molar refractivity (Wildman–Crippen MR) is 85.6 cm³/mol. The van der Waals surface area contributed by atoms with Gasteiger partial charge in [0.1, 0.15) is 5.76 Å². The molecule has 0 fully saturated rings. The van der Waals surface area contributed by atoms with E-state index in [1.807, 2.05) is 0 Å². The Morgan fingerprint density at radius 2 is 1.81 bits per heavy atom. The van der Waals surface area contributed by atoms with E-state index in [9.17, 15) is 30.8 Å². The zero-order valence-corrected chi connectivity index (χ0v) is 15.3. The summed E-state index contributed by atoms with van der Waals surface area (Å²) >= 11 is 0. The number of halogens is 4. The molecule has 150 valence electrons. The van der Waals surface area contributed by atoms with Gasteiger partial charge in [-0.3, -0.25) is 4.79 Å². The lowest BCUT2D eigenvalue weighted by Crippen LogP contribution is -2.26. The molecule has 0 saturated carbocycles. The molecule has 2 rings (SSSR count). The van der Waals surface area contributed by atoms with Crippen molar-refractivity contribution in [1.82, 2.24) is 0 Å². The number of carbonyl (C=O) groups excluding carboxylic acids is 1. The molecular weight excluding hydrogens is 396 g/mol. The molecule has 1 heterocycles. The number of ether oxygens (including phenoxy) is 2. The van der Waals surface area contributed by atoms with Crippen molar-refractivity contribution < 1.29 is 44.4 Å². The molecule has 0 spiro atoms. The largest absolute Gasteiger partial charge is 0.534 e. The molecule has 0 aliphatic carbocycles. The van der Waals surface area contributed by atoms with Gasteiger partial charge in [-0.2, -0.15) is 26.0 Å². The molecule has 11 heteroatoms. The second kappa shape index (κ2) is 7.02. The molecule has 0 bridgehead atoms. The van der Waals surface area contributed by atoms with Crippen molar-refractivity contribution in [3.8, 4) is 11.5 Å². The van der Waals surface area contributed by atoms with Crippen LogP contribution in [-0.2, 0) is 19.1 Å². The number of carbonyl (C=O) groups is 1. The van der Waals surface area contributed by atoms with E-state index < -0.39 is 50.1 Å². The number of rotatable bonds is 3. The molecule has 1 aliphatic heterocycles. The van der Waals surface area contributed by atoms with Gasteiger partial charge in [0.15, 0.2) is 11.5 Å². The van der Waals surface area contributed by atoms with Gasteiger partial charge in [-0.25, -0.2) is 0 Å². The van der Waals surface area contributed by atoms with Crippen LogP contribution in [-0.4, -0.2) is 26.5 Å². The van der Waals surface area contributed by atoms with E-state index in [-0.39, 0.29) is 18.6 Å². The first-order valence-electron chi connectivity index (χ1n) is 7.63. The topological polar surface area (TPSA) is 78.9 Å². The highest BCUT2D eigenvalue weighted by Gasteiger charge is 2.49. The summed E-state index contributed by atoms with van der Waals surface area (Å²) < 4.78 is 89.1. The first-order valence-corrected chi connectivity index (χ1v) is 9.04. The van der Waals surface area contributed by atoms with E-state index in [0.717, 1.165) is 18.2 Å². The van der Waals surface area contributed by atoms with Crippen LogP contribution in [0.3, 0.4) is 0 Å². The van der Waals surface area contributed by atoms with Crippen LogP contribution in [0.2, 0.25) is 0 Å². The molecule has 6 nitrogen and oxygen atoms in total. The van der Waals surface area contributed by atoms with Gasteiger partial charge in [0.2, 0.25) is 5.82 Å². The van der Waals surface area contributed by atoms with Crippen molar-refractivity contribution in [2.75, 3.05) is 6.61 Å². The smallest absolute Gasteiger partial charge is 0.489 e. The van der Waals surface area contributed by atoms with Gasteiger partial charge in [-0.05, 0) is 39.0 Å². The third-order valence-electron chi connectivity index (χ3n) is 3.32. The highest BCUT2D eigenvalue weighted by atomic mass is 32.2. The molecular formula is C16H16F4O6S. The standard InChI is InChI=1S/C16H16F4O6S/c1-15(2,3)14(21)25-11-7-6-9-10(26-27(22,23)16(18,19)20)5-4-8-24-13(9)12(11)17/h5-7H,4,8H2,1-3H3. The van der Waals surface area contributed by atoms with Crippen LogP contribution in [0.4, 0.5) is 17.6 Å². The summed E-state index contributed by atoms with van der Waals surface area (Å²) in [4.78, 5) is 11.9. The maximum atomic E-state index is 14.7. The van der Waals surface area contributed by atoms with E-state index in [1.165, 1.54) is 0 Å². The number of fused-ring (bicyclic) bond motifs is 1. The normalized spacial score (nSPS) is 15.1. The van der Waals surface area contributed by atoms with Gasteiger partial charge in [0, 0.05) is 6.42 Å². The van der Waals surface area contributed by atoms with Crippen LogP contribution in [0.15, 0.2) is 18.2 Å². The van der Waals surface area contributed by atoms with Gasteiger partial charge in [-0.15, -0.1) is 0 Å². The number of esters is 1. The molecule has 0 aromatic heterocycles. The van der Waals surface area contributed by atoms with E-state index in [2.05, 4.69) is 4.18 Å². The number of benzene rings is 1. The molecule has 27 heavy (non-hydrogen) atoms. The molecule has 1 aliphatic rings. The summed E-state index contributed by atoms with van der Waals surface area (Å²) in [7, 11) is -5.95. The van der Waals surface area contributed by atoms with E-state index in [4.69, 9.17) is 9.47 Å². The summed E-state index contributed by atoms with van der Waals surface area (Å²) in [6.07, 6.45) is 1.00. The van der Waals surface area contributed by atoms with Gasteiger partial charge in [-0.1, -0.05) is 0 Å². The fourth-order valence-corrected chi connectivity index (χ4v) is 2.40. The Balaban J connectivity index is 2.44. The monoisotopic (exact) mass is 412 g/mol. The number of alkyl halides is 3. The highest BCUT2D eigenvalue weighted by Crippen LogP contribution is 2.39. The van der Waals surface area contributed by atoms with Crippen LogP contribution < -0.4 is 9.47 Å². The van der Waals surface area contributed by atoms with Crippen molar-refractivity contribution in [3.63, 3.8) is 0 Å². The molecule has 1 aromatic rings. The first-order chi connectivity index (χ1) is 12.2. The van der Waals surface area contributed by atoms with Crippen molar-refractivity contribution in [2.24, 2.45) is 5.41 Å². The Bertz CT molecular complexity index is 881. The predicted octanol–water partition coefficient (Wildman–Crippen LogP) is 3.77. The molecule has 0 amide bonds. The van der Waals surface area contributed by atoms with Crippen LogP contribution >= 0.6 is 0 Å². The summed E-state index contributed by atoms with van der Waals surface area (Å²) in [5.41, 5.74) is -6.94. The molecule has 1 aromatic carbocycles. The second-order valence-corrected chi connectivity index (χ2v) is 8.12. The second-order valence-electron chi connectivity index (χ2n) is 6.58. The zero-order chi connectivity index (χ0) is 20.6. The Morgan fingerprint density at radius 3 is 2.37 bits per heavy atom. The average molecular weight is 412 g/mol. The van der Waals surface area contributed by atoms with E-state index >= 15 is 0 Å². The van der Waals surface area contributed by atoms with Crippen molar-refractivity contribution in [2.45, 2.75) is 32.7 Å². The van der Waals surface area contributed by atoms with Crippen LogP contribution in [0, 0.1) is 11.2 Å². The van der Waals surface area contributed by atoms with Crippen molar-refractivity contribution in [1.29, 1.82) is 0 Å².